The first kappa shape index (κ1) is 17.7. The van der Waals surface area contributed by atoms with E-state index in [2.05, 4.69) is 86.4 Å². The van der Waals surface area contributed by atoms with E-state index in [9.17, 15) is 0 Å². The maximum atomic E-state index is 2.55. The van der Waals surface area contributed by atoms with Crippen molar-refractivity contribution >= 4 is 7.92 Å². The molecule has 2 aliphatic rings. The van der Waals surface area contributed by atoms with Crippen LogP contribution in [0.5, 0.6) is 0 Å². The van der Waals surface area contributed by atoms with Gasteiger partial charge in [-0.1, -0.05) is 84.9 Å². The summed E-state index contributed by atoms with van der Waals surface area (Å²) in [5.74, 6) is 0. The maximum Gasteiger partial charge on any atom is 0.0192 e. The average Bonchev–Trinajstić information content (AvgIpc) is 2.90. The number of rotatable bonds is 2. The third-order valence-electron chi connectivity index (χ3n) is 4.98. The Balaban J connectivity index is 2.26. The molecule has 22 heavy (non-hydrogen) atoms. The van der Waals surface area contributed by atoms with Crippen LogP contribution >= 0.6 is 7.92 Å². The van der Waals surface area contributed by atoms with Crippen LogP contribution < -0.4 is 0 Å². The van der Waals surface area contributed by atoms with E-state index < -0.39 is 0 Å². The Kier molecular flexibility index (Phi) is 4.67. The van der Waals surface area contributed by atoms with Gasteiger partial charge >= 0.3 is 0 Å². The minimum absolute atomic E-state index is 0.0984. The highest BCUT2D eigenvalue weighted by Gasteiger charge is 2.33. The van der Waals surface area contributed by atoms with Crippen LogP contribution in [-0.2, 0) is 0 Å². The zero-order valence-corrected chi connectivity index (χ0v) is 16.8. The summed E-state index contributed by atoms with van der Waals surface area (Å²) < 4.78 is 0. The van der Waals surface area contributed by atoms with Crippen molar-refractivity contribution in [2.24, 2.45) is 10.8 Å². The second-order valence-corrected chi connectivity index (χ2v) is 11.5. The summed E-state index contributed by atoms with van der Waals surface area (Å²) in [7, 11) is -0.0984. The smallest absolute Gasteiger partial charge is 0.0192 e. The predicted molar refractivity (Wildman–Crippen MR) is 103 cm³/mol. The van der Waals surface area contributed by atoms with Crippen LogP contribution in [0.1, 0.15) is 55.4 Å². The SMILES string of the molecule is CC1=CC(C(C)(C)C)=CC1P(C)C1C=C(C(C)(C)C)C=C1C. The highest BCUT2D eigenvalue weighted by atomic mass is 31.1. The molecule has 0 fully saturated rings. The van der Waals surface area contributed by atoms with Crippen molar-refractivity contribution in [3.8, 4) is 0 Å². The summed E-state index contributed by atoms with van der Waals surface area (Å²) in [5, 5.41) is 0. The van der Waals surface area contributed by atoms with Gasteiger partial charge in [-0.2, -0.15) is 0 Å². The Labute approximate surface area is 139 Å². The molecule has 2 atom stereocenters. The molecule has 0 aliphatic heterocycles. The van der Waals surface area contributed by atoms with Gasteiger partial charge in [-0.05, 0) is 42.5 Å². The van der Waals surface area contributed by atoms with E-state index in [4.69, 9.17) is 0 Å². The minimum atomic E-state index is -0.0984. The normalized spacial score (nSPS) is 27.3. The van der Waals surface area contributed by atoms with Gasteiger partial charge in [-0.25, -0.2) is 0 Å². The van der Waals surface area contributed by atoms with Crippen LogP contribution in [0.15, 0.2) is 46.6 Å². The molecule has 0 bridgehead atoms. The summed E-state index contributed by atoms with van der Waals surface area (Å²) in [6.07, 6.45) is 9.98. The van der Waals surface area contributed by atoms with E-state index in [0.29, 0.717) is 11.3 Å². The van der Waals surface area contributed by atoms with Crippen molar-refractivity contribution in [2.45, 2.75) is 66.7 Å². The molecule has 0 aromatic heterocycles. The first-order valence-electron chi connectivity index (χ1n) is 8.44. The highest BCUT2D eigenvalue weighted by Crippen LogP contribution is 2.55. The fourth-order valence-electron chi connectivity index (χ4n) is 3.34. The zero-order chi connectivity index (χ0) is 16.9. The Morgan fingerprint density at radius 3 is 1.27 bits per heavy atom. The lowest BCUT2D eigenvalue weighted by Gasteiger charge is -2.27. The monoisotopic (exact) mass is 316 g/mol. The molecule has 0 aromatic carbocycles. The van der Waals surface area contributed by atoms with Gasteiger partial charge in [-0.15, -0.1) is 0 Å². The zero-order valence-electron chi connectivity index (χ0n) is 15.9. The van der Waals surface area contributed by atoms with E-state index in [0.717, 1.165) is 0 Å². The van der Waals surface area contributed by atoms with Crippen LogP contribution in [0, 0.1) is 10.8 Å². The second kappa shape index (κ2) is 5.79. The first-order valence-corrected chi connectivity index (χ1v) is 10.4. The molecule has 2 unspecified atom stereocenters. The van der Waals surface area contributed by atoms with E-state index in [1.807, 2.05) is 0 Å². The molecular formula is C21H33P. The fourth-order valence-corrected chi connectivity index (χ4v) is 5.92. The van der Waals surface area contributed by atoms with E-state index >= 15 is 0 Å². The van der Waals surface area contributed by atoms with E-state index in [1.54, 1.807) is 11.1 Å². The quantitative estimate of drug-likeness (QED) is 0.497. The van der Waals surface area contributed by atoms with E-state index in [-0.39, 0.29) is 18.8 Å². The van der Waals surface area contributed by atoms with Crippen molar-refractivity contribution in [3.63, 3.8) is 0 Å². The van der Waals surface area contributed by atoms with E-state index in [1.165, 1.54) is 11.1 Å². The summed E-state index contributed by atoms with van der Waals surface area (Å²) in [4.78, 5) is 0. The predicted octanol–water partition coefficient (Wildman–Crippen LogP) is 6.70. The van der Waals surface area contributed by atoms with Crippen LogP contribution in [0.2, 0.25) is 0 Å². The van der Waals surface area contributed by atoms with Crippen LogP contribution in [-0.4, -0.2) is 18.0 Å². The van der Waals surface area contributed by atoms with Crippen LogP contribution in [0.25, 0.3) is 0 Å². The number of hydrogen-bond acceptors (Lipinski definition) is 0. The molecule has 0 spiro atoms. The summed E-state index contributed by atoms with van der Waals surface area (Å²) >= 11 is 0. The summed E-state index contributed by atoms with van der Waals surface area (Å²) in [6.45, 7) is 21.1. The van der Waals surface area contributed by atoms with Gasteiger partial charge < -0.3 is 0 Å². The van der Waals surface area contributed by atoms with Crippen molar-refractivity contribution < 1.29 is 0 Å². The number of allylic oxidation sites excluding steroid dienone is 8. The first-order chi connectivity index (χ1) is 9.91. The van der Waals surface area contributed by atoms with Gasteiger partial charge in [0.15, 0.2) is 0 Å². The fraction of sp³-hybridized carbons (Fsp3) is 0.619. The van der Waals surface area contributed by atoms with Gasteiger partial charge in [-0.3, -0.25) is 0 Å². The molecule has 2 rings (SSSR count). The molecule has 2 aliphatic carbocycles. The van der Waals surface area contributed by atoms with Gasteiger partial charge in [0.05, 0.1) is 0 Å². The van der Waals surface area contributed by atoms with Crippen molar-refractivity contribution in [3.05, 3.63) is 46.6 Å². The molecule has 0 saturated heterocycles. The molecule has 0 heterocycles. The summed E-state index contributed by atoms with van der Waals surface area (Å²) in [6, 6.07) is 0. The molecule has 0 saturated carbocycles. The Hall–Kier alpha value is -0.610. The topological polar surface area (TPSA) is 0 Å². The van der Waals surface area contributed by atoms with Gasteiger partial charge in [0.2, 0.25) is 0 Å². The molecule has 0 aromatic rings. The third kappa shape index (κ3) is 3.48. The molecule has 0 radical (unpaired) electrons. The van der Waals surface area contributed by atoms with Crippen LogP contribution in [0.4, 0.5) is 0 Å². The van der Waals surface area contributed by atoms with Gasteiger partial charge in [0.1, 0.15) is 0 Å². The molecule has 0 amide bonds. The molecular weight excluding hydrogens is 283 g/mol. The lowest BCUT2D eigenvalue weighted by molar-refractivity contribution is 0.517. The highest BCUT2D eigenvalue weighted by molar-refractivity contribution is 7.59. The molecule has 1 heteroatoms. The molecule has 0 N–H and O–H groups in total. The van der Waals surface area contributed by atoms with Crippen molar-refractivity contribution in [2.75, 3.05) is 6.66 Å². The minimum Gasteiger partial charge on any atom is -0.0873 e. The lowest BCUT2D eigenvalue weighted by atomic mass is 9.87. The van der Waals surface area contributed by atoms with Crippen LogP contribution in [0.3, 0.4) is 0 Å². The standard InChI is InChI=1S/C21H33P/c1-14-10-16(20(3,4)5)12-18(14)22(9)19-13-17(11-15(19)2)21(6,7)8/h10-13,18-19H,1-9H3. The Bertz CT molecular complexity index is 518. The van der Waals surface area contributed by atoms with Gasteiger partial charge in [0, 0.05) is 11.3 Å². The Morgan fingerprint density at radius 2 is 1.05 bits per heavy atom. The average molecular weight is 316 g/mol. The van der Waals surface area contributed by atoms with Crippen molar-refractivity contribution in [1.82, 2.24) is 0 Å². The Morgan fingerprint density at radius 1 is 0.727 bits per heavy atom. The molecule has 0 nitrogen and oxygen atoms in total. The second-order valence-electron chi connectivity index (χ2n) is 9.08. The number of hydrogen-bond donors (Lipinski definition) is 0. The lowest BCUT2D eigenvalue weighted by Crippen LogP contribution is -2.12. The van der Waals surface area contributed by atoms with Crippen molar-refractivity contribution in [1.29, 1.82) is 0 Å². The maximum absolute atomic E-state index is 2.55. The molecule has 122 valence electrons. The van der Waals surface area contributed by atoms with Gasteiger partial charge in [0.25, 0.3) is 0 Å². The third-order valence-corrected chi connectivity index (χ3v) is 7.85. The largest absolute Gasteiger partial charge is 0.0873 e. The summed E-state index contributed by atoms with van der Waals surface area (Å²) in [5.41, 5.74) is 7.97.